The molecular formula is C13H19N7OS. The van der Waals surface area contributed by atoms with Crippen molar-refractivity contribution in [3.05, 3.63) is 18.7 Å². The third-order valence-electron chi connectivity index (χ3n) is 3.30. The highest BCUT2D eigenvalue weighted by molar-refractivity contribution is 7.99. The molecule has 22 heavy (non-hydrogen) atoms. The minimum absolute atomic E-state index is 0.751. The molecular weight excluding hydrogens is 302 g/mol. The van der Waals surface area contributed by atoms with Crippen molar-refractivity contribution < 1.29 is 4.74 Å². The first-order chi connectivity index (χ1) is 10.8. The van der Waals surface area contributed by atoms with Gasteiger partial charge < -0.3 is 19.5 Å². The van der Waals surface area contributed by atoms with E-state index in [1.165, 1.54) is 0 Å². The summed E-state index contributed by atoms with van der Waals surface area (Å²) in [4.78, 5) is 10.8. The molecule has 118 valence electrons. The van der Waals surface area contributed by atoms with E-state index in [2.05, 4.69) is 30.4 Å². The van der Waals surface area contributed by atoms with E-state index in [9.17, 15) is 0 Å². The van der Waals surface area contributed by atoms with Crippen LogP contribution in [0.3, 0.4) is 0 Å². The molecule has 1 aliphatic rings. The van der Waals surface area contributed by atoms with Gasteiger partial charge in [0.05, 0.1) is 13.2 Å². The van der Waals surface area contributed by atoms with Gasteiger partial charge in [-0.3, -0.25) is 0 Å². The molecule has 2 aromatic rings. The number of hydrogen-bond acceptors (Lipinski definition) is 8. The number of rotatable bonds is 6. The quantitative estimate of drug-likeness (QED) is 0.613. The third kappa shape index (κ3) is 3.86. The Hall–Kier alpha value is -1.87. The normalized spacial score (nSPS) is 15.0. The van der Waals surface area contributed by atoms with Crippen LogP contribution >= 0.6 is 11.8 Å². The van der Waals surface area contributed by atoms with Gasteiger partial charge >= 0.3 is 0 Å². The van der Waals surface area contributed by atoms with E-state index in [1.54, 1.807) is 24.4 Å². The van der Waals surface area contributed by atoms with Gasteiger partial charge in [-0.15, -0.1) is 10.2 Å². The summed E-state index contributed by atoms with van der Waals surface area (Å²) in [6.45, 7) is 4.05. The lowest BCUT2D eigenvalue weighted by Gasteiger charge is -2.27. The lowest BCUT2D eigenvalue weighted by Crippen LogP contribution is -2.36. The SMILES string of the molecule is Cn1cnnc1SCCNc1cc(N2CCOCC2)ncn1. The van der Waals surface area contributed by atoms with Crippen LogP contribution in [0.2, 0.25) is 0 Å². The molecule has 3 heterocycles. The summed E-state index contributed by atoms with van der Waals surface area (Å²) < 4.78 is 7.27. The molecule has 0 unspecified atom stereocenters. The maximum absolute atomic E-state index is 5.36. The minimum atomic E-state index is 0.751. The van der Waals surface area contributed by atoms with Crippen LogP contribution in [0.25, 0.3) is 0 Å². The summed E-state index contributed by atoms with van der Waals surface area (Å²) in [5, 5.41) is 12.1. The predicted octanol–water partition coefficient (Wildman–Crippen LogP) is 0.646. The molecule has 1 aliphatic heterocycles. The Morgan fingerprint density at radius 1 is 1.32 bits per heavy atom. The second-order valence-corrected chi connectivity index (χ2v) is 5.92. The molecule has 0 atom stereocenters. The van der Waals surface area contributed by atoms with Gasteiger partial charge in [0.2, 0.25) is 0 Å². The smallest absolute Gasteiger partial charge is 0.190 e. The molecule has 1 N–H and O–H groups in total. The van der Waals surface area contributed by atoms with Crippen LogP contribution in [0.15, 0.2) is 23.9 Å². The molecule has 9 heteroatoms. The highest BCUT2D eigenvalue weighted by Crippen LogP contribution is 2.16. The van der Waals surface area contributed by atoms with Gasteiger partial charge in [-0.1, -0.05) is 11.8 Å². The van der Waals surface area contributed by atoms with Gasteiger partial charge in [0.25, 0.3) is 0 Å². The molecule has 0 spiro atoms. The van der Waals surface area contributed by atoms with Gasteiger partial charge in [-0.25, -0.2) is 9.97 Å². The number of nitrogens with zero attached hydrogens (tertiary/aromatic N) is 6. The molecule has 3 rings (SSSR count). The minimum Gasteiger partial charge on any atom is -0.378 e. The second-order valence-electron chi connectivity index (χ2n) is 4.86. The van der Waals surface area contributed by atoms with Crippen LogP contribution < -0.4 is 10.2 Å². The molecule has 2 aromatic heterocycles. The summed E-state index contributed by atoms with van der Waals surface area (Å²) >= 11 is 1.66. The van der Waals surface area contributed by atoms with Gasteiger partial charge in [0.1, 0.15) is 24.3 Å². The molecule has 0 aromatic carbocycles. The molecule has 8 nitrogen and oxygen atoms in total. The van der Waals surface area contributed by atoms with Gasteiger partial charge in [0.15, 0.2) is 5.16 Å². The van der Waals surface area contributed by atoms with Crippen LogP contribution in [0.1, 0.15) is 0 Å². The van der Waals surface area contributed by atoms with Crippen molar-refractivity contribution in [2.45, 2.75) is 5.16 Å². The molecule has 0 aliphatic carbocycles. The van der Waals surface area contributed by atoms with E-state index in [0.29, 0.717) is 0 Å². The van der Waals surface area contributed by atoms with E-state index >= 15 is 0 Å². The number of nitrogens with one attached hydrogen (secondary N) is 1. The lowest BCUT2D eigenvalue weighted by molar-refractivity contribution is 0.122. The summed E-state index contributed by atoms with van der Waals surface area (Å²) in [7, 11) is 1.94. The average Bonchev–Trinajstić information content (AvgIpc) is 2.98. The average molecular weight is 321 g/mol. The Morgan fingerprint density at radius 3 is 2.95 bits per heavy atom. The maximum atomic E-state index is 5.36. The Bertz CT molecular complexity index is 600. The highest BCUT2D eigenvalue weighted by Gasteiger charge is 2.12. The monoisotopic (exact) mass is 321 g/mol. The van der Waals surface area contributed by atoms with E-state index in [4.69, 9.17) is 4.74 Å². The number of aryl methyl sites for hydroxylation is 1. The van der Waals surface area contributed by atoms with E-state index < -0.39 is 0 Å². The Balaban J connectivity index is 1.49. The first-order valence-electron chi connectivity index (χ1n) is 7.18. The van der Waals surface area contributed by atoms with Crippen LogP contribution in [0.5, 0.6) is 0 Å². The zero-order valence-electron chi connectivity index (χ0n) is 12.5. The van der Waals surface area contributed by atoms with Crippen molar-refractivity contribution in [1.29, 1.82) is 0 Å². The second kappa shape index (κ2) is 7.41. The summed E-state index contributed by atoms with van der Waals surface area (Å²) in [6, 6.07) is 1.98. The summed E-state index contributed by atoms with van der Waals surface area (Å²) in [6.07, 6.45) is 3.30. The first kappa shape index (κ1) is 15.0. The van der Waals surface area contributed by atoms with E-state index in [0.717, 1.165) is 55.4 Å². The molecule has 0 bridgehead atoms. The zero-order chi connectivity index (χ0) is 15.2. The maximum Gasteiger partial charge on any atom is 0.190 e. The topological polar surface area (TPSA) is 81.0 Å². The van der Waals surface area contributed by atoms with Crippen molar-refractivity contribution >= 4 is 23.4 Å². The Morgan fingerprint density at radius 2 is 2.18 bits per heavy atom. The van der Waals surface area contributed by atoms with E-state index in [1.807, 2.05) is 17.7 Å². The Labute approximate surface area is 133 Å². The molecule has 0 radical (unpaired) electrons. The van der Waals surface area contributed by atoms with Crippen LogP contribution in [-0.2, 0) is 11.8 Å². The van der Waals surface area contributed by atoms with Crippen molar-refractivity contribution in [1.82, 2.24) is 24.7 Å². The van der Waals surface area contributed by atoms with Crippen LogP contribution in [-0.4, -0.2) is 63.3 Å². The molecule has 1 saturated heterocycles. The summed E-state index contributed by atoms with van der Waals surface area (Å²) in [5.74, 6) is 2.68. The fourth-order valence-corrected chi connectivity index (χ4v) is 2.88. The number of morpholine rings is 1. The molecule has 0 saturated carbocycles. The fraction of sp³-hybridized carbons (Fsp3) is 0.538. The third-order valence-corrected chi connectivity index (χ3v) is 4.33. The van der Waals surface area contributed by atoms with E-state index in [-0.39, 0.29) is 0 Å². The number of thioether (sulfide) groups is 1. The predicted molar refractivity (Wildman–Crippen MR) is 85.3 cm³/mol. The lowest BCUT2D eigenvalue weighted by atomic mass is 10.4. The van der Waals surface area contributed by atoms with Crippen molar-refractivity contribution in [3.63, 3.8) is 0 Å². The highest BCUT2D eigenvalue weighted by atomic mass is 32.2. The van der Waals surface area contributed by atoms with Gasteiger partial charge in [0, 0.05) is 38.5 Å². The number of ether oxygens (including phenoxy) is 1. The van der Waals surface area contributed by atoms with Gasteiger partial charge in [-0.05, 0) is 0 Å². The number of anilines is 2. The molecule has 0 amide bonds. The van der Waals surface area contributed by atoms with Crippen LogP contribution in [0.4, 0.5) is 11.6 Å². The zero-order valence-corrected chi connectivity index (χ0v) is 13.3. The van der Waals surface area contributed by atoms with Gasteiger partial charge in [-0.2, -0.15) is 0 Å². The largest absolute Gasteiger partial charge is 0.378 e. The molecule has 1 fully saturated rings. The number of hydrogen-bond donors (Lipinski definition) is 1. The van der Waals surface area contributed by atoms with Crippen molar-refractivity contribution in [3.8, 4) is 0 Å². The summed E-state index contributed by atoms with van der Waals surface area (Å²) in [5.41, 5.74) is 0. The van der Waals surface area contributed by atoms with Crippen LogP contribution in [0, 0.1) is 0 Å². The standard InChI is InChI=1S/C13H19N7OS/c1-19-10-17-18-13(19)22-7-2-14-11-8-12(16-9-15-11)20-3-5-21-6-4-20/h8-10H,2-7H2,1H3,(H,14,15,16). The van der Waals surface area contributed by atoms with Crippen molar-refractivity contribution in [2.75, 3.05) is 48.8 Å². The Kier molecular flexibility index (Phi) is 5.07. The fourth-order valence-electron chi connectivity index (χ4n) is 2.13. The first-order valence-corrected chi connectivity index (χ1v) is 8.17. The number of aromatic nitrogens is 5. The van der Waals surface area contributed by atoms with Crippen molar-refractivity contribution in [2.24, 2.45) is 7.05 Å².